The molecule has 0 radical (unpaired) electrons. The maximum Gasteiger partial charge on any atom is 0.255 e. The summed E-state index contributed by atoms with van der Waals surface area (Å²) in [6.07, 6.45) is 2.29. The lowest BCUT2D eigenvalue weighted by molar-refractivity contribution is 0.0955. The molecule has 3 N–H and O–H groups in total. The molecular formula is C14H14ClN3O. The fraction of sp³-hybridized carbons (Fsp3) is 0.143. The van der Waals surface area contributed by atoms with E-state index in [1.165, 1.54) is 0 Å². The van der Waals surface area contributed by atoms with Gasteiger partial charge in [-0.2, -0.15) is 0 Å². The van der Waals surface area contributed by atoms with Crippen LogP contribution in [0.4, 0.5) is 5.82 Å². The smallest absolute Gasteiger partial charge is 0.255 e. The zero-order chi connectivity index (χ0) is 13.7. The Labute approximate surface area is 116 Å². The molecule has 0 saturated heterocycles. The zero-order valence-corrected chi connectivity index (χ0v) is 11.0. The molecule has 1 aromatic carbocycles. The summed E-state index contributed by atoms with van der Waals surface area (Å²) in [5, 5.41) is 3.52. The molecule has 1 aromatic heterocycles. The molecular weight excluding hydrogens is 262 g/mol. The van der Waals surface area contributed by atoms with Gasteiger partial charge in [0.25, 0.3) is 5.91 Å². The van der Waals surface area contributed by atoms with Crippen LogP contribution in [0.5, 0.6) is 0 Å². The van der Waals surface area contributed by atoms with Crippen LogP contribution in [-0.4, -0.2) is 17.4 Å². The van der Waals surface area contributed by atoms with Gasteiger partial charge >= 0.3 is 0 Å². The number of carbonyl (C=O) groups is 1. The summed E-state index contributed by atoms with van der Waals surface area (Å²) in [6.45, 7) is 0.537. The monoisotopic (exact) mass is 275 g/mol. The summed E-state index contributed by atoms with van der Waals surface area (Å²) in [5.41, 5.74) is 7.15. The first-order chi connectivity index (χ1) is 9.16. The van der Waals surface area contributed by atoms with E-state index in [2.05, 4.69) is 10.3 Å². The minimum absolute atomic E-state index is 0.209. The Morgan fingerprint density at radius 2 is 2.00 bits per heavy atom. The number of nitrogens with zero attached hydrogens (tertiary/aromatic N) is 1. The zero-order valence-electron chi connectivity index (χ0n) is 10.3. The van der Waals surface area contributed by atoms with E-state index < -0.39 is 0 Å². The van der Waals surface area contributed by atoms with Crippen molar-refractivity contribution in [2.75, 3.05) is 12.3 Å². The first kappa shape index (κ1) is 13.4. The number of pyridine rings is 1. The molecule has 5 heteroatoms. The Kier molecular flexibility index (Phi) is 4.36. The first-order valence-electron chi connectivity index (χ1n) is 5.90. The molecule has 19 heavy (non-hydrogen) atoms. The van der Waals surface area contributed by atoms with Crippen molar-refractivity contribution in [1.29, 1.82) is 0 Å². The Hall–Kier alpha value is -2.07. The van der Waals surface area contributed by atoms with E-state index >= 15 is 0 Å². The highest BCUT2D eigenvalue weighted by atomic mass is 35.5. The summed E-state index contributed by atoms with van der Waals surface area (Å²) >= 11 is 5.80. The van der Waals surface area contributed by atoms with E-state index in [1.807, 2.05) is 24.3 Å². The van der Waals surface area contributed by atoms with Crippen LogP contribution >= 0.6 is 11.6 Å². The van der Waals surface area contributed by atoms with Gasteiger partial charge in [-0.15, -0.1) is 0 Å². The molecule has 0 unspecified atom stereocenters. The Balaban J connectivity index is 1.88. The van der Waals surface area contributed by atoms with E-state index in [-0.39, 0.29) is 11.7 Å². The maximum absolute atomic E-state index is 11.9. The topological polar surface area (TPSA) is 68.0 Å². The van der Waals surface area contributed by atoms with Gasteiger partial charge in [-0.3, -0.25) is 4.79 Å². The number of amides is 1. The average Bonchev–Trinajstić information content (AvgIpc) is 2.41. The highest BCUT2D eigenvalue weighted by Gasteiger charge is 2.08. The molecule has 0 aliphatic heterocycles. The number of rotatable bonds is 4. The van der Waals surface area contributed by atoms with Gasteiger partial charge in [0.05, 0.1) is 5.56 Å². The lowest BCUT2D eigenvalue weighted by Gasteiger charge is -2.06. The second-order valence-corrected chi connectivity index (χ2v) is 4.51. The third kappa shape index (κ3) is 3.69. The number of nitrogens with one attached hydrogen (secondary N) is 1. The van der Waals surface area contributed by atoms with Crippen molar-refractivity contribution in [3.05, 3.63) is 58.7 Å². The minimum atomic E-state index is -0.209. The largest absolute Gasteiger partial charge is 0.383 e. The van der Waals surface area contributed by atoms with E-state index in [0.717, 1.165) is 12.0 Å². The molecule has 2 rings (SSSR count). The van der Waals surface area contributed by atoms with Gasteiger partial charge < -0.3 is 11.1 Å². The molecule has 2 aromatic rings. The number of benzene rings is 1. The molecule has 1 amide bonds. The predicted octanol–water partition coefficient (Wildman–Crippen LogP) is 2.29. The van der Waals surface area contributed by atoms with Crippen LogP contribution in [0.2, 0.25) is 5.02 Å². The molecule has 0 aliphatic carbocycles. The van der Waals surface area contributed by atoms with Crippen LogP contribution in [-0.2, 0) is 6.42 Å². The fourth-order valence-corrected chi connectivity index (χ4v) is 1.80. The third-order valence-corrected chi connectivity index (χ3v) is 2.95. The Bertz CT molecular complexity index is 569. The van der Waals surface area contributed by atoms with Gasteiger partial charge in [0.2, 0.25) is 0 Å². The molecule has 0 saturated carbocycles. The predicted molar refractivity (Wildman–Crippen MR) is 76.1 cm³/mol. The number of halogens is 1. The standard InChI is InChI=1S/C14H14ClN3O/c15-11-5-3-10(4-6-11)7-9-18-14(19)12-2-1-8-17-13(12)16/h1-6,8H,7,9H2,(H2,16,17)(H,18,19). The second-order valence-electron chi connectivity index (χ2n) is 4.07. The van der Waals surface area contributed by atoms with E-state index in [9.17, 15) is 4.79 Å². The van der Waals surface area contributed by atoms with Crippen LogP contribution in [0.25, 0.3) is 0 Å². The minimum Gasteiger partial charge on any atom is -0.383 e. The molecule has 0 atom stereocenters. The Morgan fingerprint density at radius 1 is 1.26 bits per heavy atom. The number of nitrogens with two attached hydrogens (primary N) is 1. The van der Waals surface area contributed by atoms with E-state index in [0.29, 0.717) is 17.1 Å². The van der Waals surface area contributed by atoms with Gasteiger partial charge in [-0.1, -0.05) is 23.7 Å². The maximum atomic E-state index is 11.9. The van der Waals surface area contributed by atoms with Crippen molar-refractivity contribution in [2.24, 2.45) is 0 Å². The SMILES string of the molecule is Nc1ncccc1C(=O)NCCc1ccc(Cl)cc1. The van der Waals surface area contributed by atoms with Gasteiger partial charge in [0.15, 0.2) is 0 Å². The number of hydrogen-bond acceptors (Lipinski definition) is 3. The van der Waals surface area contributed by atoms with Gasteiger partial charge in [0, 0.05) is 17.8 Å². The van der Waals surface area contributed by atoms with Gasteiger partial charge in [-0.05, 0) is 36.2 Å². The lowest BCUT2D eigenvalue weighted by atomic mass is 10.1. The van der Waals surface area contributed by atoms with Crippen molar-refractivity contribution in [3.8, 4) is 0 Å². The number of nitrogen functional groups attached to an aromatic ring is 1. The average molecular weight is 276 g/mol. The van der Waals surface area contributed by atoms with Crippen molar-refractivity contribution < 1.29 is 4.79 Å². The van der Waals surface area contributed by atoms with Crippen molar-refractivity contribution in [3.63, 3.8) is 0 Å². The quantitative estimate of drug-likeness (QED) is 0.900. The van der Waals surface area contributed by atoms with Crippen molar-refractivity contribution in [2.45, 2.75) is 6.42 Å². The number of anilines is 1. The van der Waals surface area contributed by atoms with Crippen LogP contribution in [0.1, 0.15) is 15.9 Å². The number of hydrogen-bond donors (Lipinski definition) is 2. The summed E-state index contributed by atoms with van der Waals surface area (Å²) in [5.74, 6) is 0.0334. The van der Waals surface area contributed by atoms with Gasteiger partial charge in [0.1, 0.15) is 5.82 Å². The van der Waals surface area contributed by atoms with Crippen molar-refractivity contribution in [1.82, 2.24) is 10.3 Å². The normalized spacial score (nSPS) is 10.2. The summed E-state index contributed by atoms with van der Waals surface area (Å²) in [4.78, 5) is 15.7. The van der Waals surface area contributed by atoms with Crippen molar-refractivity contribution >= 4 is 23.3 Å². The molecule has 98 valence electrons. The lowest BCUT2D eigenvalue weighted by Crippen LogP contribution is -2.26. The fourth-order valence-electron chi connectivity index (χ4n) is 1.68. The Morgan fingerprint density at radius 3 is 2.68 bits per heavy atom. The highest BCUT2D eigenvalue weighted by molar-refractivity contribution is 6.30. The van der Waals surface area contributed by atoms with Crippen LogP contribution in [0, 0.1) is 0 Å². The van der Waals surface area contributed by atoms with Crippen LogP contribution in [0.15, 0.2) is 42.6 Å². The summed E-state index contributed by atoms with van der Waals surface area (Å²) < 4.78 is 0. The number of carbonyl (C=O) groups excluding carboxylic acids is 1. The highest BCUT2D eigenvalue weighted by Crippen LogP contribution is 2.10. The number of aromatic nitrogens is 1. The van der Waals surface area contributed by atoms with Gasteiger partial charge in [-0.25, -0.2) is 4.98 Å². The summed E-state index contributed by atoms with van der Waals surface area (Å²) in [6, 6.07) is 10.9. The van der Waals surface area contributed by atoms with Crippen LogP contribution < -0.4 is 11.1 Å². The van der Waals surface area contributed by atoms with Crippen LogP contribution in [0.3, 0.4) is 0 Å². The second kappa shape index (κ2) is 6.20. The third-order valence-electron chi connectivity index (χ3n) is 2.70. The van der Waals surface area contributed by atoms with E-state index in [1.54, 1.807) is 18.3 Å². The molecule has 0 bridgehead atoms. The molecule has 0 fully saturated rings. The molecule has 0 spiro atoms. The summed E-state index contributed by atoms with van der Waals surface area (Å²) in [7, 11) is 0. The molecule has 4 nitrogen and oxygen atoms in total. The first-order valence-corrected chi connectivity index (χ1v) is 6.28. The molecule has 0 aliphatic rings. The molecule has 1 heterocycles. The van der Waals surface area contributed by atoms with E-state index in [4.69, 9.17) is 17.3 Å².